The molecule has 2 aromatic rings. The Kier molecular flexibility index (Phi) is 6.59. The molecular formula is C19H22F3N5O2S. The van der Waals surface area contributed by atoms with Crippen LogP contribution in [0.2, 0.25) is 0 Å². The summed E-state index contributed by atoms with van der Waals surface area (Å²) < 4.78 is 39.6. The summed E-state index contributed by atoms with van der Waals surface area (Å²) in [5.74, 6) is -0.444. The van der Waals surface area contributed by atoms with Crippen molar-refractivity contribution in [1.82, 2.24) is 15.5 Å². The highest BCUT2D eigenvalue weighted by atomic mass is 32.1. The Bertz CT molecular complexity index is 910. The molecule has 30 heavy (non-hydrogen) atoms. The van der Waals surface area contributed by atoms with Gasteiger partial charge in [-0.25, -0.2) is 4.79 Å². The third-order valence-electron chi connectivity index (χ3n) is 4.96. The number of urea groups is 1. The van der Waals surface area contributed by atoms with Crippen molar-refractivity contribution >= 4 is 34.1 Å². The molecule has 3 amide bonds. The minimum Gasteiger partial charge on any atom is -0.323 e. The summed E-state index contributed by atoms with van der Waals surface area (Å²) in [4.78, 5) is 25.6. The molecule has 1 aromatic carbocycles. The van der Waals surface area contributed by atoms with Gasteiger partial charge >= 0.3 is 12.2 Å². The number of carbonyl (C=O) groups is 2. The second-order valence-corrected chi connectivity index (χ2v) is 8.14. The first-order valence-corrected chi connectivity index (χ1v) is 10.4. The zero-order chi connectivity index (χ0) is 21.8. The third-order valence-corrected chi connectivity index (χ3v) is 5.95. The molecule has 11 heteroatoms. The summed E-state index contributed by atoms with van der Waals surface area (Å²) in [5.41, 5.74) is -2.55. The second kappa shape index (κ2) is 8.99. The van der Waals surface area contributed by atoms with Gasteiger partial charge in [0.25, 0.3) is 5.91 Å². The van der Waals surface area contributed by atoms with Gasteiger partial charge in [-0.2, -0.15) is 13.2 Å². The number of carbonyl (C=O) groups excluding carboxylic acids is 2. The van der Waals surface area contributed by atoms with Gasteiger partial charge < -0.3 is 10.6 Å². The van der Waals surface area contributed by atoms with Crippen LogP contribution < -0.4 is 16.0 Å². The molecule has 162 valence electrons. The van der Waals surface area contributed by atoms with Crippen molar-refractivity contribution < 1.29 is 22.8 Å². The van der Waals surface area contributed by atoms with Crippen LogP contribution in [0.5, 0.6) is 0 Å². The normalized spacial score (nSPS) is 16.0. The lowest BCUT2D eigenvalue weighted by atomic mass is 9.81. The molecule has 7 nitrogen and oxygen atoms in total. The summed E-state index contributed by atoms with van der Waals surface area (Å²) in [7, 11) is 0. The van der Waals surface area contributed by atoms with Crippen LogP contribution in [0.25, 0.3) is 0 Å². The fourth-order valence-electron chi connectivity index (χ4n) is 3.44. The number of halogens is 3. The largest absolute Gasteiger partial charge is 0.418 e. The zero-order valence-electron chi connectivity index (χ0n) is 16.3. The van der Waals surface area contributed by atoms with E-state index in [1.165, 1.54) is 29.5 Å². The maximum Gasteiger partial charge on any atom is 0.418 e. The topological polar surface area (TPSA) is 96.0 Å². The van der Waals surface area contributed by atoms with Crippen molar-refractivity contribution in [1.29, 1.82) is 0 Å². The predicted molar refractivity (Wildman–Crippen MR) is 107 cm³/mol. The highest BCUT2D eigenvalue weighted by molar-refractivity contribution is 7.15. The molecule has 0 saturated heterocycles. The van der Waals surface area contributed by atoms with Crippen molar-refractivity contribution in [3.8, 4) is 0 Å². The van der Waals surface area contributed by atoms with Crippen molar-refractivity contribution in [3.63, 3.8) is 0 Å². The average Bonchev–Trinajstić information content (AvgIpc) is 3.15. The van der Waals surface area contributed by atoms with Gasteiger partial charge in [0, 0.05) is 0 Å². The SMILES string of the molecule is CCc1nnc(NC(=O)C2(NC(=O)Nc3ccccc3C(F)(F)F)CCCCC2)s1. The van der Waals surface area contributed by atoms with E-state index < -0.39 is 29.2 Å². The quantitative estimate of drug-likeness (QED) is 0.633. The molecule has 1 aliphatic carbocycles. The third kappa shape index (κ3) is 5.07. The molecule has 0 atom stereocenters. The summed E-state index contributed by atoms with van der Waals surface area (Å²) >= 11 is 1.24. The second-order valence-electron chi connectivity index (χ2n) is 7.07. The standard InChI is InChI=1S/C19H22F3N5O2S/c1-2-14-26-27-17(30-14)24-15(28)18(10-6-3-7-11-18)25-16(29)23-13-9-5-4-8-12(13)19(20,21)22/h4-5,8-9H,2-3,6-7,10-11H2,1H3,(H2,23,25,29)(H,24,27,28). The highest BCUT2D eigenvalue weighted by Crippen LogP contribution is 2.35. The molecule has 0 bridgehead atoms. The minimum absolute atomic E-state index is 0.325. The molecule has 0 radical (unpaired) electrons. The van der Waals surface area contributed by atoms with E-state index in [0.717, 1.165) is 17.5 Å². The molecule has 3 N–H and O–H groups in total. The Morgan fingerprint density at radius 2 is 1.80 bits per heavy atom. The number of anilines is 2. The van der Waals surface area contributed by atoms with E-state index >= 15 is 0 Å². The molecule has 1 aliphatic rings. The molecule has 3 rings (SSSR count). The molecule has 0 spiro atoms. The summed E-state index contributed by atoms with van der Waals surface area (Å²) in [6, 6.07) is 3.84. The smallest absolute Gasteiger partial charge is 0.323 e. The van der Waals surface area contributed by atoms with E-state index in [4.69, 9.17) is 0 Å². The van der Waals surface area contributed by atoms with Gasteiger partial charge in [0.2, 0.25) is 5.13 Å². The Balaban J connectivity index is 1.76. The number of rotatable bonds is 5. The summed E-state index contributed by atoms with van der Waals surface area (Å²) in [6.45, 7) is 1.92. The maximum atomic E-state index is 13.2. The number of aryl methyl sites for hydroxylation is 1. The first kappa shape index (κ1) is 22.0. The lowest BCUT2D eigenvalue weighted by Crippen LogP contribution is -2.58. The van der Waals surface area contributed by atoms with Crippen LogP contribution in [0.15, 0.2) is 24.3 Å². The fourth-order valence-corrected chi connectivity index (χ4v) is 4.11. The van der Waals surface area contributed by atoms with Crippen molar-refractivity contribution in [2.45, 2.75) is 57.2 Å². The van der Waals surface area contributed by atoms with Crippen LogP contribution in [-0.4, -0.2) is 27.7 Å². The Morgan fingerprint density at radius 3 is 2.43 bits per heavy atom. The number of nitrogens with one attached hydrogen (secondary N) is 3. The van der Waals surface area contributed by atoms with E-state index in [9.17, 15) is 22.8 Å². The van der Waals surface area contributed by atoms with E-state index in [2.05, 4.69) is 26.1 Å². The molecule has 0 unspecified atom stereocenters. The first-order chi connectivity index (χ1) is 14.2. The predicted octanol–water partition coefficient (Wildman–Crippen LogP) is 4.58. The van der Waals surface area contributed by atoms with Crippen LogP contribution in [0.1, 0.15) is 49.6 Å². The number of aromatic nitrogens is 2. The number of hydrogen-bond acceptors (Lipinski definition) is 5. The molecule has 1 saturated carbocycles. The van der Waals surface area contributed by atoms with Crippen LogP contribution in [0.4, 0.5) is 28.8 Å². The minimum atomic E-state index is -4.61. The number of amides is 3. The molecule has 1 heterocycles. The Hall–Kier alpha value is -2.69. The lowest BCUT2D eigenvalue weighted by Gasteiger charge is -2.36. The van der Waals surface area contributed by atoms with Gasteiger partial charge in [-0.15, -0.1) is 10.2 Å². The van der Waals surface area contributed by atoms with Crippen LogP contribution in [-0.2, 0) is 17.4 Å². The van der Waals surface area contributed by atoms with Gasteiger partial charge in [0.1, 0.15) is 10.5 Å². The highest BCUT2D eigenvalue weighted by Gasteiger charge is 2.42. The van der Waals surface area contributed by atoms with Crippen LogP contribution >= 0.6 is 11.3 Å². The molecule has 0 aliphatic heterocycles. The Morgan fingerprint density at radius 1 is 1.10 bits per heavy atom. The fraction of sp³-hybridized carbons (Fsp3) is 0.474. The average molecular weight is 441 g/mol. The van der Waals surface area contributed by atoms with Crippen molar-refractivity contribution in [2.24, 2.45) is 0 Å². The van der Waals surface area contributed by atoms with Crippen molar-refractivity contribution in [2.75, 3.05) is 10.6 Å². The molecule has 1 fully saturated rings. The van der Waals surface area contributed by atoms with E-state index in [0.29, 0.717) is 37.2 Å². The Labute approximate surface area is 175 Å². The van der Waals surface area contributed by atoms with Gasteiger partial charge in [0.05, 0.1) is 11.3 Å². The first-order valence-electron chi connectivity index (χ1n) is 9.63. The number of alkyl halides is 3. The monoisotopic (exact) mass is 441 g/mol. The van der Waals surface area contributed by atoms with Gasteiger partial charge in [-0.1, -0.05) is 49.7 Å². The number of para-hydroxylation sites is 1. The van der Waals surface area contributed by atoms with E-state index in [1.54, 1.807) is 0 Å². The summed E-state index contributed by atoms with van der Waals surface area (Å²) in [5, 5.41) is 16.5. The van der Waals surface area contributed by atoms with Crippen LogP contribution in [0.3, 0.4) is 0 Å². The number of benzene rings is 1. The van der Waals surface area contributed by atoms with Crippen LogP contribution in [0, 0.1) is 0 Å². The molecular weight excluding hydrogens is 419 g/mol. The van der Waals surface area contributed by atoms with E-state index in [-0.39, 0.29) is 5.69 Å². The van der Waals surface area contributed by atoms with Crippen molar-refractivity contribution in [3.05, 3.63) is 34.8 Å². The molecule has 1 aromatic heterocycles. The van der Waals surface area contributed by atoms with Gasteiger partial charge in [-0.05, 0) is 31.4 Å². The maximum absolute atomic E-state index is 13.2. The number of hydrogen-bond donors (Lipinski definition) is 3. The lowest BCUT2D eigenvalue weighted by molar-refractivity contribution is -0.137. The van der Waals surface area contributed by atoms with Gasteiger partial charge in [-0.3, -0.25) is 10.1 Å². The van der Waals surface area contributed by atoms with Gasteiger partial charge in [0.15, 0.2) is 0 Å². The summed E-state index contributed by atoms with van der Waals surface area (Å²) in [6.07, 6.45) is -0.837. The number of nitrogens with zero attached hydrogens (tertiary/aromatic N) is 2. The zero-order valence-corrected chi connectivity index (χ0v) is 17.1. The van der Waals surface area contributed by atoms with E-state index in [1.807, 2.05) is 6.92 Å².